The molecule has 0 saturated carbocycles. The number of rotatable bonds is 11. The molecule has 3 amide bonds. The van der Waals surface area contributed by atoms with Crippen molar-refractivity contribution in [3.63, 3.8) is 0 Å². The number of amides is 3. The lowest BCUT2D eigenvalue weighted by atomic mass is 10.1. The van der Waals surface area contributed by atoms with E-state index in [2.05, 4.69) is 25.3 Å². The number of anilines is 1. The highest BCUT2D eigenvalue weighted by atomic mass is 19.1. The summed E-state index contributed by atoms with van der Waals surface area (Å²) < 4.78 is 38.7. The number of aromatic amines is 1. The minimum absolute atomic E-state index is 0.0224. The first-order chi connectivity index (χ1) is 21.0. The number of methoxy groups -OCH3 is 1. The molecule has 4 aromatic rings. The van der Waals surface area contributed by atoms with Crippen LogP contribution in [-0.2, 0) is 20.9 Å². The quantitative estimate of drug-likeness (QED) is 0.219. The number of halogens is 2. The first kappa shape index (κ1) is 31.4. The number of nitrogens with one attached hydrogen (secondary N) is 3. The molecular formula is C30H30F2N6O6. The van der Waals surface area contributed by atoms with Crippen molar-refractivity contribution < 1.29 is 32.6 Å². The van der Waals surface area contributed by atoms with Gasteiger partial charge >= 0.3 is 6.09 Å². The number of likely N-dealkylation sites (N-methyl/N-ethyl adjacent to an activating group) is 1. The van der Waals surface area contributed by atoms with Gasteiger partial charge < -0.3 is 34.6 Å². The Kier molecular flexibility index (Phi) is 10.1. The minimum atomic E-state index is -1.05. The number of benzene rings is 2. The molecule has 0 aliphatic rings. The molecular weight excluding hydrogens is 578 g/mol. The van der Waals surface area contributed by atoms with Gasteiger partial charge in [-0.2, -0.15) is 0 Å². The predicted molar refractivity (Wildman–Crippen MR) is 157 cm³/mol. The maximum atomic E-state index is 14.0. The van der Waals surface area contributed by atoms with Gasteiger partial charge in [0.2, 0.25) is 11.8 Å². The minimum Gasteiger partial charge on any atom is -0.454 e. The van der Waals surface area contributed by atoms with E-state index in [1.807, 2.05) is 0 Å². The number of H-pyrrole nitrogens is 1. The standard InChI is InChI=1S/C30H30F2N6O6/c1-37(2)27(39)9-5-4-7-22(36-30(42)43-3)28(40)35-23-8-6-14-38(29(23)41)17-26-33-21-12-11-19(16-24(21)34-26)44-25-13-10-18(31)15-20(25)32/h5-6,8-16,22H,4,7,17H2,1-3H3,(H,33,34)(H,35,40)(H,36,42)/b9-5+/t22-/m0/s1. The number of imidazole rings is 1. The second-order valence-electron chi connectivity index (χ2n) is 9.78. The van der Waals surface area contributed by atoms with Gasteiger partial charge in [-0.25, -0.2) is 18.6 Å². The molecule has 0 radical (unpaired) electrons. The van der Waals surface area contributed by atoms with Gasteiger partial charge in [-0.05, 0) is 55.3 Å². The van der Waals surface area contributed by atoms with Gasteiger partial charge in [0.1, 0.15) is 29.1 Å². The Bertz CT molecular complexity index is 1770. The Morgan fingerprint density at radius 3 is 2.66 bits per heavy atom. The third-order valence-electron chi connectivity index (χ3n) is 6.34. The molecule has 2 aromatic heterocycles. The molecule has 44 heavy (non-hydrogen) atoms. The molecule has 0 saturated heterocycles. The smallest absolute Gasteiger partial charge is 0.407 e. The molecule has 1 atom stereocenters. The molecule has 3 N–H and O–H groups in total. The Balaban J connectivity index is 1.46. The van der Waals surface area contributed by atoms with Gasteiger partial charge in [0.25, 0.3) is 5.56 Å². The number of hydrogen-bond donors (Lipinski definition) is 3. The van der Waals surface area contributed by atoms with Gasteiger partial charge in [0.05, 0.1) is 24.7 Å². The monoisotopic (exact) mass is 608 g/mol. The number of ether oxygens (including phenoxy) is 2. The number of carbonyl (C=O) groups is 3. The van der Waals surface area contributed by atoms with Gasteiger partial charge in [0.15, 0.2) is 11.6 Å². The molecule has 2 heterocycles. The zero-order chi connectivity index (χ0) is 31.8. The fourth-order valence-electron chi connectivity index (χ4n) is 4.07. The molecule has 0 spiro atoms. The molecule has 2 aromatic carbocycles. The van der Waals surface area contributed by atoms with Crippen LogP contribution in [-0.4, -0.2) is 64.6 Å². The Hall–Kier alpha value is -5.53. The Morgan fingerprint density at radius 2 is 1.93 bits per heavy atom. The summed E-state index contributed by atoms with van der Waals surface area (Å²) in [6.07, 6.45) is 4.06. The third-order valence-corrected chi connectivity index (χ3v) is 6.34. The van der Waals surface area contributed by atoms with Crippen molar-refractivity contribution in [2.24, 2.45) is 0 Å². The number of nitrogens with zero attached hydrogens (tertiary/aromatic N) is 3. The largest absolute Gasteiger partial charge is 0.454 e. The molecule has 14 heteroatoms. The number of alkyl carbamates (subject to hydrolysis) is 1. The first-order valence-corrected chi connectivity index (χ1v) is 13.4. The number of aromatic nitrogens is 3. The van der Waals surface area contributed by atoms with Crippen molar-refractivity contribution in [2.45, 2.75) is 25.4 Å². The SMILES string of the molecule is COC(=O)N[C@@H](CC/C=C/C(=O)N(C)C)C(=O)Nc1cccn(Cc2nc3ccc(Oc4ccc(F)cc4F)cc3[nH]2)c1=O. The summed E-state index contributed by atoms with van der Waals surface area (Å²) in [5.74, 6) is -1.88. The van der Waals surface area contributed by atoms with E-state index < -0.39 is 35.2 Å². The molecule has 230 valence electrons. The molecule has 0 bridgehead atoms. The van der Waals surface area contributed by atoms with Crippen LogP contribution in [0.25, 0.3) is 11.0 Å². The van der Waals surface area contributed by atoms with E-state index in [1.54, 1.807) is 44.4 Å². The summed E-state index contributed by atoms with van der Waals surface area (Å²) in [5, 5.41) is 4.99. The Labute approximate surface area is 250 Å². The topological polar surface area (TPSA) is 148 Å². The highest BCUT2D eigenvalue weighted by Gasteiger charge is 2.22. The van der Waals surface area contributed by atoms with E-state index in [4.69, 9.17) is 4.74 Å². The number of pyridine rings is 1. The van der Waals surface area contributed by atoms with Crippen LogP contribution in [0.3, 0.4) is 0 Å². The zero-order valence-corrected chi connectivity index (χ0v) is 24.1. The van der Waals surface area contributed by atoms with Crippen LogP contribution in [0.1, 0.15) is 18.7 Å². The highest BCUT2D eigenvalue weighted by Crippen LogP contribution is 2.27. The summed E-state index contributed by atoms with van der Waals surface area (Å²) in [5.41, 5.74) is 0.559. The fourth-order valence-corrected chi connectivity index (χ4v) is 4.07. The van der Waals surface area contributed by atoms with Crippen LogP contribution >= 0.6 is 0 Å². The number of allylic oxidation sites excluding steroid dienone is 1. The Morgan fingerprint density at radius 1 is 1.14 bits per heavy atom. The molecule has 12 nitrogen and oxygen atoms in total. The van der Waals surface area contributed by atoms with Crippen molar-refractivity contribution in [2.75, 3.05) is 26.5 Å². The highest BCUT2D eigenvalue weighted by molar-refractivity contribution is 5.96. The fraction of sp³-hybridized carbons (Fsp3) is 0.233. The van der Waals surface area contributed by atoms with Gasteiger partial charge in [-0.1, -0.05) is 6.08 Å². The van der Waals surface area contributed by atoms with Crippen molar-refractivity contribution >= 4 is 34.6 Å². The van der Waals surface area contributed by atoms with Crippen LogP contribution in [0.4, 0.5) is 19.3 Å². The summed E-state index contributed by atoms with van der Waals surface area (Å²) in [7, 11) is 4.37. The van der Waals surface area contributed by atoms with E-state index >= 15 is 0 Å². The van der Waals surface area contributed by atoms with Crippen molar-refractivity contribution in [1.29, 1.82) is 0 Å². The lowest BCUT2D eigenvalue weighted by Crippen LogP contribution is -2.44. The molecule has 0 aliphatic carbocycles. The van der Waals surface area contributed by atoms with Crippen LogP contribution < -0.4 is 20.9 Å². The second-order valence-corrected chi connectivity index (χ2v) is 9.78. The second kappa shape index (κ2) is 14.1. The van der Waals surface area contributed by atoms with Crippen molar-refractivity contribution in [1.82, 2.24) is 24.8 Å². The van der Waals surface area contributed by atoms with E-state index in [-0.39, 0.29) is 36.1 Å². The van der Waals surface area contributed by atoms with Crippen molar-refractivity contribution in [3.8, 4) is 11.5 Å². The summed E-state index contributed by atoms with van der Waals surface area (Å²) in [6, 6.07) is 9.76. The summed E-state index contributed by atoms with van der Waals surface area (Å²) >= 11 is 0. The van der Waals surface area contributed by atoms with Crippen LogP contribution in [0, 0.1) is 11.6 Å². The average Bonchev–Trinajstić information content (AvgIpc) is 3.39. The van der Waals surface area contributed by atoms with Crippen molar-refractivity contribution in [3.05, 3.63) is 94.7 Å². The van der Waals surface area contributed by atoms with Crippen LogP contribution in [0.2, 0.25) is 0 Å². The van der Waals surface area contributed by atoms with E-state index in [0.717, 1.165) is 19.2 Å². The van der Waals surface area contributed by atoms with Gasteiger partial charge in [-0.15, -0.1) is 0 Å². The predicted octanol–water partition coefficient (Wildman–Crippen LogP) is 3.93. The van der Waals surface area contributed by atoms with E-state index in [0.29, 0.717) is 23.3 Å². The molecule has 0 aliphatic heterocycles. The number of carbonyl (C=O) groups excluding carboxylic acids is 3. The molecule has 0 unspecified atom stereocenters. The normalized spacial score (nSPS) is 11.8. The third kappa shape index (κ3) is 8.06. The maximum absolute atomic E-state index is 14.0. The lowest BCUT2D eigenvalue weighted by molar-refractivity contribution is -0.123. The molecule has 4 rings (SSSR count). The van der Waals surface area contributed by atoms with Gasteiger partial charge in [-0.3, -0.25) is 14.4 Å². The summed E-state index contributed by atoms with van der Waals surface area (Å²) in [4.78, 5) is 58.8. The summed E-state index contributed by atoms with van der Waals surface area (Å²) in [6.45, 7) is 0.0224. The van der Waals surface area contributed by atoms with E-state index in [1.165, 1.54) is 33.9 Å². The number of fused-ring (bicyclic) bond motifs is 1. The number of hydrogen-bond acceptors (Lipinski definition) is 7. The first-order valence-electron chi connectivity index (χ1n) is 13.4. The van der Waals surface area contributed by atoms with Gasteiger partial charge in [0, 0.05) is 32.4 Å². The average molecular weight is 609 g/mol. The zero-order valence-electron chi connectivity index (χ0n) is 24.1. The van der Waals surface area contributed by atoms with Crippen LogP contribution in [0.15, 0.2) is 71.7 Å². The van der Waals surface area contributed by atoms with E-state index in [9.17, 15) is 28.0 Å². The lowest BCUT2D eigenvalue weighted by Gasteiger charge is -2.17. The maximum Gasteiger partial charge on any atom is 0.407 e. The molecule has 0 fully saturated rings. The van der Waals surface area contributed by atoms with Crippen LogP contribution in [0.5, 0.6) is 11.5 Å².